The van der Waals surface area contributed by atoms with Crippen LogP contribution in [0.5, 0.6) is 0 Å². The molecule has 2 aliphatic carbocycles. The Labute approximate surface area is 232 Å². The number of carboxylic acid groups (broad SMARTS) is 1. The summed E-state index contributed by atoms with van der Waals surface area (Å²) in [7, 11) is 0. The maximum atomic E-state index is 13.4. The number of alkyl halides is 6. The molecule has 0 heterocycles. The van der Waals surface area contributed by atoms with Crippen LogP contribution < -0.4 is 0 Å². The summed E-state index contributed by atoms with van der Waals surface area (Å²) in [4.78, 5) is 11.4. The Hall–Kier alpha value is -2.51. The van der Waals surface area contributed by atoms with Crippen LogP contribution >= 0.6 is 0 Å². The van der Waals surface area contributed by atoms with E-state index in [2.05, 4.69) is 0 Å². The molecule has 3 unspecified atom stereocenters. The van der Waals surface area contributed by atoms with Gasteiger partial charge in [-0.05, 0) is 84.2 Å². The molecule has 4 rings (SSSR count). The van der Waals surface area contributed by atoms with E-state index < -0.39 is 29.8 Å². The SMILES string of the molecule is O=C(O)Cc1ccc(C(CC2CCCCC2)CC2CCCC(C(F)(F)F)CC2)c(-c2ccc(C(F)(F)F)cc2)c1. The monoisotopic (exact) mass is 568 g/mol. The molecule has 0 spiro atoms. The smallest absolute Gasteiger partial charge is 0.416 e. The molecule has 0 aromatic heterocycles. The fourth-order valence-corrected chi connectivity index (χ4v) is 6.85. The topological polar surface area (TPSA) is 37.3 Å². The highest BCUT2D eigenvalue weighted by Crippen LogP contribution is 2.45. The van der Waals surface area contributed by atoms with Crippen molar-refractivity contribution >= 4 is 5.97 Å². The van der Waals surface area contributed by atoms with Gasteiger partial charge < -0.3 is 5.11 Å². The summed E-state index contributed by atoms with van der Waals surface area (Å²) in [5.74, 6) is -1.59. The maximum absolute atomic E-state index is 13.4. The molecule has 0 amide bonds. The molecule has 0 radical (unpaired) electrons. The molecule has 0 bridgehead atoms. The normalized spacial score (nSPS) is 22.1. The van der Waals surface area contributed by atoms with E-state index in [0.29, 0.717) is 29.9 Å². The van der Waals surface area contributed by atoms with Gasteiger partial charge in [0.25, 0.3) is 0 Å². The van der Waals surface area contributed by atoms with E-state index in [1.807, 2.05) is 6.07 Å². The van der Waals surface area contributed by atoms with Gasteiger partial charge in [0.05, 0.1) is 17.9 Å². The number of hydrogen-bond donors (Lipinski definition) is 1. The lowest BCUT2D eigenvalue weighted by atomic mass is 9.74. The van der Waals surface area contributed by atoms with E-state index in [1.165, 1.54) is 18.6 Å². The summed E-state index contributed by atoms with van der Waals surface area (Å²) in [6.07, 6.45) is 0.539. The van der Waals surface area contributed by atoms with E-state index in [0.717, 1.165) is 68.2 Å². The lowest BCUT2D eigenvalue weighted by Gasteiger charge is -2.31. The van der Waals surface area contributed by atoms with Crippen LogP contribution in [0.15, 0.2) is 42.5 Å². The predicted octanol–water partition coefficient (Wildman–Crippen LogP) is 10.2. The number of carboxylic acids is 1. The zero-order valence-electron chi connectivity index (χ0n) is 22.7. The largest absolute Gasteiger partial charge is 0.481 e. The summed E-state index contributed by atoms with van der Waals surface area (Å²) in [5.41, 5.74) is 2.06. The number of aliphatic carboxylic acids is 1. The average Bonchev–Trinajstić information content (AvgIpc) is 3.14. The minimum absolute atomic E-state index is 0.0340. The standard InChI is InChI=1S/C32H38F6O2/c33-31(34,35)26-8-4-7-22(9-13-26)18-25(17-21-5-2-1-3-6-21)28-16-10-23(20-30(39)40)19-29(28)24-11-14-27(15-12-24)32(36,37)38/h10-12,14-16,19,21-22,25-26H,1-9,13,17-18,20H2,(H,39,40). The van der Waals surface area contributed by atoms with Crippen molar-refractivity contribution < 1.29 is 36.2 Å². The van der Waals surface area contributed by atoms with Crippen LogP contribution in [0, 0.1) is 17.8 Å². The van der Waals surface area contributed by atoms with Gasteiger partial charge in [0, 0.05) is 0 Å². The third kappa shape index (κ3) is 8.26. The molecular formula is C32H38F6O2. The number of carbonyl (C=O) groups is 1. The van der Waals surface area contributed by atoms with Crippen LogP contribution in [0.2, 0.25) is 0 Å². The van der Waals surface area contributed by atoms with Gasteiger partial charge in [-0.1, -0.05) is 75.3 Å². The molecule has 40 heavy (non-hydrogen) atoms. The first-order valence-corrected chi connectivity index (χ1v) is 14.5. The zero-order chi connectivity index (χ0) is 28.9. The summed E-state index contributed by atoms with van der Waals surface area (Å²) >= 11 is 0. The molecule has 2 aliphatic rings. The van der Waals surface area contributed by atoms with E-state index in [-0.39, 0.29) is 31.1 Å². The molecule has 2 nitrogen and oxygen atoms in total. The van der Waals surface area contributed by atoms with Crippen molar-refractivity contribution in [2.24, 2.45) is 17.8 Å². The lowest BCUT2D eigenvalue weighted by Crippen LogP contribution is -2.22. The molecule has 3 atom stereocenters. The van der Waals surface area contributed by atoms with E-state index in [1.54, 1.807) is 12.1 Å². The molecule has 2 fully saturated rings. The highest BCUT2D eigenvalue weighted by molar-refractivity contribution is 5.74. The minimum Gasteiger partial charge on any atom is -0.481 e. The molecular weight excluding hydrogens is 530 g/mol. The quantitative estimate of drug-likeness (QED) is 0.254. The Morgan fingerprint density at radius 1 is 0.775 bits per heavy atom. The van der Waals surface area contributed by atoms with Crippen LogP contribution in [0.4, 0.5) is 26.3 Å². The van der Waals surface area contributed by atoms with Crippen molar-refractivity contribution in [1.82, 2.24) is 0 Å². The van der Waals surface area contributed by atoms with Gasteiger partial charge in [-0.25, -0.2) is 0 Å². The second-order valence-corrected chi connectivity index (χ2v) is 11.9. The number of benzene rings is 2. The summed E-state index contributed by atoms with van der Waals surface area (Å²) < 4.78 is 80.1. The van der Waals surface area contributed by atoms with Crippen LogP contribution in [0.3, 0.4) is 0 Å². The van der Waals surface area contributed by atoms with Crippen LogP contribution in [0.25, 0.3) is 11.1 Å². The predicted molar refractivity (Wildman–Crippen MR) is 143 cm³/mol. The van der Waals surface area contributed by atoms with Crippen molar-refractivity contribution in [1.29, 1.82) is 0 Å². The second kappa shape index (κ2) is 13.0. The Bertz CT molecular complexity index is 1120. The molecule has 0 aliphatic heterocycles. The van der Waals surface area contributed by atoms with E-state index in [4.69, 9.17) is 0 Å². The van der Waals surface area contributed by atoms with Gasteiger partial charge in [0.2, 0.25) is 0 Å². The fraction of sp³-hybridized carbons (Fsp3) is 0.594. The molecule has 1 N–H and O–H groups in total. The van der Waals surface area contributed by atoms with Gasteiger partial charge >= 0.3 is 18.3 Å². The maximum Gasteiger partial charge on any atom is 0.416 e. The van der Waals surface area contributed by atoms with Crippen molar-refractivity contribution in [3.63, 3.8) is 0 Å². The Morgan fingerprint density at radius 2 is 1.40 bits per heavy atom. The average molecular weight is 569 g/mol. The molecule has 0 saturated heterocycles. The molecule has 8 heteroatoms. The summed E-state index contributed by atoms with van der Waals surface area (Å²) in [6.45, 7) is 0. The van der Waals surface area contributed by atoms with Gasteiger partial charge in [-0.2, -0.15) is 26.3 Å². The van der Waals surface area contributed by atoms with Gasteiger partial charge in [0.15, 0.2) is 0 Å². The molecule has 2 saturated carbocycles. The minimum atomic E-state index is -4.47. The third-order valence-electron chi connectivity index (χ3n) is 8.95. The number of halogens is 6. The first-order valence-electron chi connectivity index (χ1n) is 14.5. The van der Waals surface area contributed by atoms with Crippen molar-refractivity contribution in [2.45, 2.75) is 102 Å². The van der Waals surface area contributed by atoms with Gasteiger partial charge in [0.1, 0.15) is 0 Å². The van der Waals surface area contributed by atoms with Crippen molar-refractivity contribution in [3.8, 4) is 11.1 Å². The van der Waals surface area contributed by atoms with Crippen LogP contribution in [0.1, 0.15) is 99.7 Å². The Balaban J connectivity index is 1.69. The van der Waals surface area contributed by atoms with Crippen molar-refractivity contribution in [3.05, 3.63) is 59.2 Å². The van der Waals surface area contributed by atoms with Gasteiger partial charge in [-0.3, -0.25) is 4.79 Å². The molecule has 2 aromatic carbocycles. The zero-order valence-corrected chi connectivity index (χ0v) is 22.7. The highest BCUT2D eigenvalue weighted by Gasteiger charge is 2.40. The second-order valence-electron chi connectivity index (χ2n) is 11.9. The van der Waals surface area contributed by atoms with Crippen LogP contribution in [-0.4, -0.2) is 17.3 Å². The lowest BCUT2D eigenvalue weighted by molar-refractivity contribution is -0.177. The van der Waals surface area contributed by atoms with Gasteiger partial charge in [-0.15, -0.1) is 0 Å². The Morgan fingerprint density at radius 3 is 2.00 bits per heavy atom. The molecule has 220 valence electrons. The third-order valence-corrected chi connectivity index (χ3v) is 8.95. The highest BCUT2D eigenvalue weighted by atomic mass is 19.4. The first-order chi connectivity index (χ1) is 18.9. The molecule has 2 aromatic rings. The Kier molecular flexibility index (Phi) is 9.89. The van der Waals surface area contributed by atoms with E-state index >= 15 is 0 Å². The van der Waals surface area contributed by atoms with E-state index in [9.17, 15) is 36.2 Å². The summed E-state index contributed by atoms with van der Waals surface area (Å²) in [5, 5.41) is 9.37. The first kappa shape index (κ1) is 30.4. The van der Waals surface area contributed by atoms with Crippen LogP contribution in [-0.2, 0) is 17.4 Å². The number of hydrogen-bond acceptors (Lipinski definition) is 1. The summed E-state index contributed by atoms with van der Waals surface area (Å²) in [6, 6.07) is 10.4. The number of rotatable bonds is 8. The fourth-order valence-electron chi connectivity index (χ4n) is 6.85. The van der Waals surface area contributed by atoms with Crippen molar-refractivity contribution in [2.75, 3.05) is 0 Å².